The van der Waals surface area contributed by atoms with Crippen LogP contribution in [-0.4, -0.2) is 22.2 Å². The molecule has 0 unspecified atom stereocenters. The van der Waals surface area contributed by atoms with Crippen LogP contribution < -0.4 is 12.3 Å². The molecule has 0 aliphatic carbocycles. The van der Waals surface area contributed by atoms with Crippen molar-refractivity contribution in [2.45, 2.75) is 122 Å². The molecule has 8 N–H and O–H groups in total. The predicted molar refractivity (Wildman–Crippen MR) is 118 cm³/mol. The average molecular weight is 405 g/mol. The summed E-state index contributed by atoms with van der Waals surface area (Å²) in [5.41, 5.74) is 0. The van der Waals surface area contributed by atoms with Gasteiger partial charge >= 0.3 is 11.9 Å². The lowest BCUT2D eigenvalue weighted by Crippen LogP contribution is -2.23. The normalized spacial score (nSPS) is 10.4. The summed E-state index contributed by atoms with van der Waals surface area (Å²) in [7, 11) is 0. The summed E-state index contributed by atoms with van der Waals surface area (Å²) >= 11 is 0. The molecule has 0 atom stereocenters. The Morgan fingerprint density at radius 2 is 0.786 bits per heavy atom. The minimum Gasteiger partial charge on any atom is -0.481 e. The van der Waals surface area contributed by atoms with Crippen LogP contribution in [0, 0.1) is 5.92 Å². The van der Waals surface area contributed by atoms with E-state index in [1.807, 2.05) is 0 Å². The van der Waals surface area contributed by atoms with Crippen molar-refractivity contribution in [1.29, 1.82) is 0 Å². The molecule has 0 rings (SSSR count). The number of hydrogen-bond acceptors (Lipinski definition) is 4. The third-order valence-corrected chi connectivity index (χ3v) is 5.19. The van der Waals surface area contributed by atoms with Crippen molar-refractivity contribution >= 4 is 11.9 Å². The second-order valence-electron chi connectivity index (χ2n) is 7.67. The minimum absolute atomic E-state index is 0. The van der Waals surface area contributed by atoms with Gasteiger partial charge in [-0.25, -0.2) is 0 Å². The largest absolute Gasteiger partial charge is 0.481 e. The fourth-order valence-electron chi connectivity index (χ4n) is 3.43. The second kappa shape index (κ2) is 23.9. The van der Waals surface area contributed by atoms with Gasteiger partial charge in [0.1, 0.15) is 0 Å². The summed E-state index contributed by atoms with van der Waals surface area (Å²) in [5.74, 6) is -3.66. The van der Waals surface area contributed by atoms with Gasteiger partial charge < -0.3 is 22.5 Å². The van der Waals surface area contributed by atoms with E-state index >= 15 is 0 Å². The lowest BCUT2D eigenvalue weighted by atomic mass is 10.00. The molecule has 0 aromatic heterocycles. The van der Waals surface area contributed by atoms with E-state index in [0.717, 1.165) is 12.8 Å². The molecule has 0 amide bonds. The number of aliphatic carboxylic acids is 2. The number of unbranched alkanes of at least 4 members (excludes halogenated alkanes) is 16. The molecule has 0 fully saturated rings. The summed E-state index contributed by atoms with van der Waals surface area (Å²) in [6.07, 6.45) is 21.9. The Hall–Kier alpha value is -1.14. The molecule has 0 heterocycles. The summed E-state index contributed by atoms with van der Waals surface area (Å²) in [4.78, 5) is 21.5. The molecule has 0 aliphatic heterocycles. The standard InChI is InChI=1S/C22H42O4.2H3N/c1-2-3-4-5-6-7-8-9-10-11-12-13-14-15-16-17-18-19-20(21(23)24)22(25)26;;/h20H,2-19H2,1H3,(H,23,24)(H,25,26);2*1H3. The third kappa shape index (κ3) is 21.2. The SMILES string of the molecule is CCCCCCCCCCCCCCCCCCCC(C(=O)O)C(=O)O.N.N. The van der Waals surface area contributed by atoms with Crippen molar-refractivity contribution in [1.82, 2.24) is 12.3 Å². The molecule has 0 saturated heterocycles. The highest BCUT2D eigenvalue weighted by atomic mass is 16.4. The summed E-state index contributed by atoms with van der Waals surface area (Å²) < 4.78 is 0. The average Bonchev–Trinajstić information content (AvgIpc) is 2.60. The van der Waals surface area contributed by atoms with Gasteiger partial charge in [0.15, 0.2) is 5.92 Å². The van der Waals surface area contributed by atoms with Crippen molar-refractivity contribution < 1.29 is 19.8 Å². The highest BCUT2D eigenvalue weighted by Crippen LogP contribution is 2.15. The molecule has 0 aromatic rings. The second-order valence-corrected chi connectivity index (χ2v) is 7.67. The van der Waals surface area contributed by atoms with Gasteiger partial charge in [0.2, 0.25) is 0 Å². The highest BCUT2D eigenvalue weighted by molar-refractivity contribution is 5.92. The molecule has 0 saturated carbocycles. The van der Waals surface area contributed by atoms with Gasteiger partial charge in [0, 0.05) is 0 Å². The van der Waals surface area contributed by atoms with Gasteiger partial charge in [0.25, 0.3) is 0 Å². The van der Waals surface area contributed by atoms with Crippen molar-refractivity contribution in [3.8, 4) is 0 Å². The maximum Gasteiger partial charge on any atom is 0.317 e. The van der Waals surface area contributed by atoms with E-state index in [-0.39, 0.29) is 18.7 Å². The Balaban J connectivity index is -0.00000312. The molecule has 170 valence electrons. The quantitative estimate of drug-likeness (QED) is 0.125. The Bertz CT molecular complexity index is 337. The summed E-state index contributed by atoms with van der Waals surface area (Å²) in [6, 6.07) is 0. The summed E-state index contributed by atoms with van der Waals surface area (Å²) in [6.45, 7) is 2.26. The molecular formula is C22H48N2O4. The summed E-state index contributed by atoms with van der Waals surface area (Å²) in [5, 5.41) is 17.6. The molecule has 0 bridgehead atoms. The molecule has 0 radical (unpaired) electrons. The molecule has 0 spiro atoms. The molecule has 28 heavy (non-hydrogen) atoms. The van der Waals surface area contributed by atoms with Crippen molar-refractivity contribution in [2.24, 2.45) is 5.92 Å². The number of carboxylic acid groups (broad SMARTS) is 2. The first-order valence-corrected chi connectivity index (χ1v) is 11.0. The van der Waals surface area contributed by atoms with Crippen molar-refractivity contribution in [3.05, 3.63) is 0 Å². The lowest BCUT2D eigenvalue weighted by Gasteiger charge is -2.07. The maximum atomic E-state index is 10.8. The number of carbonyl (C=O) groups is 2. The van der Waals surface area contributed by atoms with Crippen LogP contribution in [0.25, 0.3) is 0 Å². The number of rotatable bonds is 20. The van der Waals surface area contributed by atoms with E-state index in [4.69, 9.17) is 10.2 Å². The predicted octanol–water partition coefficient (Wildman–Crippen LogP) is 7.14. The molecule has 6 heteroatoms. The fraction of sp³-hybridized carbons (Fsp3) is 0.909. The van der Waals surface area contributed by atoms with Crippen LogP contribution in [0.5, 0.6) is 0 Å². The Kier molecular flexibility index (Phi) is 26.9. The fourth-order valence-corrected chi connectivity index (χ4v) is 3.43. The highest BCUT2D eigenvalue weighted by Gasteiger charge is 2.24. The first kappa shape index (κ1) is 31.6. The van der Waals surface area contributed by atoms with E-state index < -0.39 is 17.9 Å². The lowest BCUT2D eigenvalue weighted by molar-refractivity contribution is -0.154. The van der Waals surface area contributed by atoms with Crippen LogP contribution in [0.1, 0.15) is 122 Å². The van der Waals surface area contributed by atoms with Gasteiger partial charge in [0.05, 0.1) is 0 Å². The first-order chi connectivity index (χ1) is 12.6. The Morgan fingerprint density at radius 1 is 0.536 bits per heavy atom. The van der Waals surface area contributed by atoms with Crippen LogP contribution in [0.3, 0.4) is 0 Å². The van der Waals surface area contributed by atoms with Crippen LogP contribution >= 0.6 is 0 Å². The van der Waals surface area contributed by atoms with Crippen LogP contribution in [-0.2, 0) is 9.59 Å². The van der Waals surface area contributed by atoms with Crippen LogP contribution in [0.15, 0.2) is 0 Å². The molecular weight excluding hydrogens is 356 g/mol. The number of hydrogen-bond donors (Lipinski definition) is 4. The Labute approximate surface area is 173 Å². The molecule has 6 nitrogen and oxygen atoms in total. The van der Waals surface area contributed by atoms with Gasteiger partial charge in [-0.1, -0.05) is 116 Å². The molecule has 0 aliphatic rings. The number of carboxylic acids is 2. The van der Waals surface area contributed by atoms with Gasteiger partial charge in [-0.15, -0.1) is 0 Å². The van der Waals surface area contributed by atoms with Gasteiger partial charge in [-0.3, -0.25) is 9.59 Å². The van der Waals surface area contributed by atoms with Gasteiger partial charge in [-0.2, -0.15) is 0 Å². The zero-order valence-corrected chi connectivity index (χ0v) is 18.4. The third-order valence-electron chi connectivity index (χ3n) is 5.19. The van der Waals surface area contributed by atoms with E-state index in [1.165, 1.54) is 89.9 Å². The topological polar surface area (TPSA) is 145 Å². The maximum absolute atomic E-state index is 10.8. The van der Waals surface area contributed by atoms with E-state index in [0.29, 0.717) is 6.42 Å². The van der Waals surface area contributed by atoms with Crippen molar-refractivity contribution in [3.63, 3.8) is 0 Å². The van der Waals surface area contributed by atoms with Crippen molar-refractivity contribution in [2.75, 3.05) is 0 Å². The van der Waals surface area contributed by atoms with E-state index in [2.05, 4.69) is 6.92 Å². The van der Waals surface area contributed by atoms with Crippen LogP contribution in [0.4, 0.5) is 0 Å². The zero-order valence-electron chi connectivity index (χ0n) is 18.4. The zero-order chi connectivity index (χ0) is 19.5. The molecule has 0 aromatic carbocycles. The van der Waals surface area contributed by atoms with Crippen LogP contribution in [0.2, 0.25) is 0 Å². The van der Waals surface area contributed by atoms with E-state index in [1.54, 1.807) is 0 Å². The Morgan fingerprint density at radius 3 is 1.04 bits per heavy atom. The van der Waals surface area contributed by atoms with E-state index in [9.17, 15) is 9.59 Å². The smallest absolute Gasteiger partial charge is 0.317 e. The minimum atomic E-state index is -1.23. The first-order valence-electron chi connectivity index (χ1n) is 11.0. The van der Waals surface area contributed by atoms with Gasteiger partial charge in [-0.05, 0) is 6.42 Å². The monoisotopic (exact) mass is 404 g/mol.